The van der Waals surface area contributed by atoms with Gasteiger partial charge in [0, 0.05) is 58.4 Å². The molecule has 0 spiro atoms. The molecule has 0 amide bonds. The summed E-state index contributed by atoms with van der Waals surface area (Å²) in [5.41, 5.74) is 1.24. The molecule has 0 aromatic carbocycles. The molecule has 0 aliphatic carbocycles. The maximum absolute atomic E-state index is 5.73. The molecule has 1 atom stereocenters. The zero-order chi connectivity index (χ0) is 17.9. The maximum Gasteiger partial charge on any atom is 0.191 e. The number of nitrogens with one attached hydrogen (secondary N) is 2. The normalized spacial score (nSPS) is 23.0. The van der Waals surface area contributed by atoms with Crippen molar-refractivity contribution in [2.24, 2.45) is 10.9 Å². The first kappa shape index (κ1) is 20.2. The van der Waals surface area contributed by atoms with Gasteiger partial charge in [-0.3, -0.25) is 9.89 Å². The number of rotatable bonds is 9. The number of likely N-dealkylation sites (tertiary alicyclic amines) is 1. The van der Waals surface area contributed by atoms with E-state index in [1.165, 1.54) is 5.57 Å². The van der Waals surface area contributed by atoms with Gasteiger partial charge in [-0.1, -0.05) is 12.2 Å². The summed E-state index contributed by atoms with van der Waals surface area (Å²) in [4.78, 5) is 6.82. The zero-order valence-corrected chi connectivity index (χ0v) is 16.1. The molecule has 2 heterocycles. The van der Waals surface area contributed by atoms with E-state index >= 15 is 0 Å². The molecular weight excluding hydrogens is 316 g/mol. The van der Waals surface area contributed by atoms with Gasteiger partial charge in [0.15, 0.2) is 5.96 Å². The highest BCUT2D eigenvalue weighted by molar-refractivity contribution is 5.79. The van der Waals surface area contributed by atoms with Crippen LogP contribution in [0.25, 0.3) is 0 Å². The molecule has 0 radical (unpaired) electrons. The summed E-state index contributed by atoms with van der Waals surface area (Å²) in [5.74, 6) is 1.50. The van der Waals surface area contributed by atoms with Crippen molar-refractivity contribution in [2.75, 3.05) is 59.7 Å². The largest absolute Gasteiger partial charge is 0.381 e. The van der Waals surface area contributed by atoms with Gasteiger partial charge in [-0.15, -0.1) is 0 Å². The van der Waals surface area contributed by atoms with Crippen LogP contribution >= 0.6 is 0 Å². The Hall–Kier alpha value is -1.11. The zero-order valence-electron chi connectivity index (χ0n) is 16.1. The third kappa shape index (κ3) is 8.21. The van der Waals surface area contributed by atoms with Gasteiger partial charge >= 0.3 is 0 Å². The summed E-state index contributed by atoms with van der Waals surface area (Å²) in [5, 5.41) is 6.94. The number of hydrogen-bond donors (Lipinski definition) is 2. The Kier molecular flexibility index (Phi) is 9.29. The van der Waals surface area contributed by atoms with Gasteiger partial charge in [0.05, 0.1) is 13.2 Å². The molecule has 0 aromatic rings. The molecule has 25 heavy (non-hydrogen) atoms. The van der Waals surface area contributed by atoms with Gasteiger partial charge in [0.25, 0.3) is 0 Å². The second kappa shape index (κ2) is 11.5. The molecule has 2 aliphatic heterocycles. The highest BCUT2D eigenvalue weighted by Gasteiger charge is 2.19. The van der Waals surface area contributed by atoms with Crippen LogP contribution in [0.4, 0.5) is 0 Å². The first-order chi connectivity index (χ1) is 12.2. The SMILES string of the molecule is C=C(C)CN1CCC(NC(=NC)NCCCOCC2CCOC2)CC1. The average molecular weight is 353 g/mol. The molecule has 6 heteroatoms. The molecule has 6 nitrogen and oxygen atoms in total. The monoisotopic (exact) mass is 352 g/mol. The Balaban J connectivity index is 1.51. The standard InChI is InChI=1S/C19H36N4O2/c1-16(2)13-23-9-5-18(6-10-23)22-19(20-3)21-8-4-11-24-14-17-7-12-25-15-17/h17-18H,1,4-15H2,2-3H3,(H2,20,21,22). The van der Waals surface area contributed by atoms with E-state index in [0.29, 0.717) is 12.0 Å². The van der Waals surface area contributed by atoms with Crippen LogP contribution in [-0.2, 0) is 9.47 Å². The van der Waals surface area contributed by atoms with E-state index in [-0.39, 0.29) is 0 Å². The van der Waals surface area contributed by atoms with Crippen LogP contribution in [0.5, 0.6) is 0 Å². The smallest absolute Gasteiger partial charge is 0.191 e. The van der Waals surface area contributed by atoms with Gasteiger partial charge in [0.2, 0.25) is 0 Å². The third-order valence-electron chi connectivity index (χ3n) is 4.78. The minimum Gasteiger partial charge on any atom is -0.381 e. The van der Waals surface area contributed by atoms with Gasteiger partial charge in [-0.25, -0.2) is 0 Å². The van der Waals surface area contributed by atoms with Crippen LogP contribution < -0.4 is 10.6 Å². The molecule has 2 N–H and O–H groups in total. The molecule has 144 valence electrons. The molecule has 0 aromatic heterocycles. The summed E-state index contributed by atoms with van der Waals surface area (Å²) in [6.45, 7) is 13.6. The molecule has 2 saturated heterocycles. The molecule has 1 unspecified atom stereocenters. The summed E-state index contributed by atoms with van der Waals surface area (Å²) < 4.78 is 11.1. The Labute approximate surface area is 153 Å². The molecular formula is C19H36N4O2. The predicted octanol–water partition coefficient (Wildman–Crippen LogP) is 1.64. The second-order valence-corrected chi connectivity index (χ2v) is 7.31. The van der Waals surface area contributed by atoms with E-state index in [4.69, 9.17) is 9.47 Å². The van der Waals surface area contributed by atoms with E-state index in [2.05, 4.69) is 34.0 Å². The summed E-state index contributed by atoms with van der Waals surface area (Å²) in [7, 11) is 1.84. The lowest BCUT2D eigenvalue weighted by molar-refractivity contribution is 0.0888. The Bertz CT molecular complexity index is 414. The molecule has 0 saturated carbocycles. The highest BCUT2D eigenvalue weighted by Crippen LogP contribution is 2.12. The molecule has 0 bridgehead atoms. The van der Waals surface area contributed by atoms with E-state index in [9.17, 15) is 0 Å². The van der Waals surface area contributed by atoms with Crippen LogP contribution in [-0.4, -0.2) is 76.6 Å². The third-order valence-corrected chi connectivity index (χ3v) is 4.78. The number of aliphatic imine (C=N–C) groups is 1. The topological polar surface area (TPSA) is 58.1 Å². The quantitative estimate of drug-likeness (QED) is 0.286. The summed E-state index contributed by atoms with van der Waals surface area (Å²) >= 11 is 0. The first-order valence-electron chi connectivity index (χ1n) is 9.66. The number of nitrogens with zero attached hydrogens (tertiary/aromatic N) is 2. The summed E-state index contributed by atoms with van der Waals surface area (Å²) in [6.07, 6.45) is 4.44. The fourth-order valence-corrected chi connectivity index (χ4v) is 3.35. The lowest BCUT2D eigenvalue weighted by atomic mass is 10.0. The van der Waals surface area contributed by atoms with Gasteiger partial charge in [0.1, 0.15) is 0 Å². The molecule has 2 rings (SSSR count). The van der Waals surface area contributed by atoms with Crippen molar-refractivity contribution < 1.29 is 9.47 Å². The average Bonchev–Trinajstić information content (AvgIpc) is 3.11. The van der Waals surface area contributed by atoms with E-state index in [1.54, 1.807) is 0 Å². The summed E-state index contributed by atoms with van der Waals surface area (Å²) in [6, 6.07) is 0.506. The van der Waals surface area contributed by atoms with E-state index in [1.807, 2.05) is 7.05 Å². The van der Waals surface area contributed by atoms with Crippen molar-refractivity contribution >= 4 is 5.96 Å². The maximum atomic E-state index is 5.73. The van der Waals surface area contributed by atoms with Crippen molar-refractivity contribution in [3.63, 3.8) is 0 Å². The number of hydrogen-bond acceptors (Lipinski definition) is 4. The predicted molar refractivity (Wildman–Crippen MR) is 103 cm³/mol. The van der Waals surface area contributed by atoms with Crippen molar-refractivity contribution in [3.05, 3.63) is 12.2 Å². The fraction of sp³-hybridized carbons (Fsp3) is 0.842. The minimum atomic E-state index is 0.506. The van der Waals surface area contributed by atoms with Crippen molar-refractivity contribution in [2.45, 2.75) is 38.6 Å². The van der Waals surface area contributed by atoms with Crippen LogP contribution in [0.1, 0.15) is 32.6 Å². The fourth-order valence-electron chi connectivity index (χ4n) is 3.35. The first-order valence-corrected chi connectivity index (χ1v) is 9.66. The van der Waals surface area contributed by atoms with Crippen LogP contribution in [0, 0.1) is 5.92 Å². The lowest BCUT2D eigenvalue weighted by Crippen LogP contribution is -2.49. The Morgan fingerprint density at radius 2 is 2.12 bits per heavy atom. The van der Waals surface area contributed by atoms with Crippen LogP contribution in [0.15, 0.2) is 17.1 Å². The van der Waals surface area contributed by atoms with Crippen LogP contribution in [0.3, 0.4) is 0 Å². The van der Waals surface area contributed by atoms with E-state index in [0.717, 1.165) is 84.2 Å². The van der Waals surface area contributed by atoms with Crippen LogP contribution in [0.2, 0.25) is 0 Å². The minimum absolute atomic E-state index is 0.506. The number of piperidine rings is 1. The van der Waals surface area contributed by atoms with Crippen molar-refractivity contribution in [3.8, 4) is 0 Å². The van der Waals surface area contributed by atoms with Gasteiger partial charge in [-0.2, -0.15) is 0 Å². The second-order valence-electron chi connectivity index (χ2n) is 7.31. The highest BCUT2D eigenvalue weighted by atomic mass is 16.5. The van der Waals surface area contributed by atoms with Gasteiger partial charge in [-0.05, 0) is 32.6 Å². The van der Waals surface area contributed by atoms with Crippen molar-refractivity contribution in [1.29, 1.82) is 0 Å². The molecule has 2 fully saturated rings. The van der Waals surface area contributed by atoms with Crippen molar-refractivity contribution in [1.82, 2.24) is 15.5 Å². The van der Waals surface area contributed by atoms with Gasteiger partial charge < -0.3 is 20.1 Å². The number of ether oxygens (including phenoxy) is 2. The lowest BCUT2D eigenvalue weighted by Gasteiger charge is -2.33. The number of guanidine groups is 1. The Morgan fingerprint density at radius 3 is 2.76 bits per heavy atom. The van der Waals surface area contributed by atoms with E-state index < -0.39 is 0 Å². The molecule has 2 aliphatic rings. The Morgan fingerprint density at radius 1 is 1.32 bits per heavy atom.